The molecule has 2 aromatic heterocycles. The number of amides is 1. The summed E-state index contributed by atoms with van der Waals surface area (Å²) in [6, 6.07) is 4.93. The lowest BCUT2D eigenvalue weighted by Crippen LogP contribution is -2.30. The first-order valence-electron chi connectivity index (χ1n) is 6.20. The van der Waals surface area contributed by atoms with Crippen LogP contribution in [0.25, 0.3) is 0 Å². The summed E-state index contributed by atoms with van der Waals surface area (Å²) < 4.78 is 13.1. The van der Waals surface area contributed by atoms with E-state index in [0.717, 1.165) is 19.4 Å². The molecular weight excluding hydrogens is 263 g/mol. The van der Waals surface area contributed by atoms with Crippen LogP contribution in [0.2, 0.25) is 0 Å². The van der Waals surface area contributed by atoms with Gasteiger partial charge in [0.1, 0.15) is 0 Å². The molecule has 0 N–H and O–H groups in total. The Balaban J connectivity index is 1.87. The molecule has 1 atom stereocenters. The van der Waals surface area contributed by atoms with Gasteiger partial charge in [-0.25, -0.2) is 4.98 Å². The van der Waals surface area contributed by atoms with E-state index >= 15 is 0 Å². The molecule has 1 saturated heterocycles. The highest BCUT2D eigenvalue weighted by molar-refractivity contribution is 7.07. The minimum Gasteiger partial charge on any atom is -0.332 e. The van der Waals surface area contributed by atoms with Gasteiger partial charge in [-0.15, -0.1) is 0 Å². The number of carbonyl (C=O) groups excluding carboxylic acids is 1. The summed E-state index contributed by atoms with van der Waals surface area (Å²) in [6.45, 7) is 0.725. The van der Waals surface area contributed by atoms with Gasteiger partial charge in [-0.3, -0.25) is 4.79 Å². The number of aromatic nitrogens is 1. The van der Waals surface area contributed by atoms with Crippen LogP contribution in [0, 0.1) is 5.95 Å². The van der Waals surface area contributed by atoms with E-state index in [1.165, 1.54) is 17.8 Å². The summed E-state index contributed by atoms with van der Waals surface area (Å²) in [5, 5.41) is 4.09. The predicted octanol–water partition coefficient (Wildman–Crippen LogP) is 3.26. The van der Waals surface area contributed by atoms with Gasteiger partial charge in [0.25, 0.3) is 5.91 Å². The Hall–Kier alpha value is -1.75. The number of carbonyl (C=O) groups is 1. The molecule has 0 unspecified atom stereocenters. The summed E-state index contributed by atoms with van der Waals surface area (Å²) in [6.07, 6.45) is 3.29. The maximum Gasteiger partial charge on any atom is 0.254 e. The zero-order chi connectivity index (χ0) is 13.2. The quantitative estimate of drug-likeness (QED) is 0.789. The first-order chi connectivity index (χ1) is 9.25. The molecule has 3 nitrogen and oxygen atoms in total. The molecule has 1 aliphatic heterocycles. The maximum atomic E-state index is 13.1. The van der Waals surface area contributed by atoms with E-state index in [1.54, 1.807) is 17.4 Å². The molecule has 0 bridgehead atoms. The van der Waals surface area contributed by atoms with Crippen LogP contribution in [0.5, 0.6) is 0 Å². The van der Waals surface area contributed by atoms with Crippen molar-refractivity contribution in [1.82, 2.24) is 9.88 Å². The third kappa shape index (κ3) is 2.38. The summed E-state index contributed by atoms with van der Waals surface area (Å²) in [5.74, 6) is -0.730. The molecule has 0 aromatic carbocycles. The highest BCUT2D eigenvalue weighted by Gasteiger charge is 2.30. The number of rotatable bonds is 2. The van der Waals surface area contributed by atoms with Crippen molar-refractivity contribution in [3.05, 3.63) is 52.2 Å². The minimum atomic E-state index is -0.614. The fourth-order valence-corrected chi connectivity index (χ4v) is 3.23. The van der Waals surface area contributed by atoms with Gasteiger partial charge >= 0.3 is 0 Å². The molecule has 5 heteroatoms. The first-order valence-corrected chi connectivity index (χ1v) is 7.14. The Morgan fingerprint density at radius 2 is 2.37 bits per heavy atom. The summed E-state index contributed by atoms with van der Waals surface area (Å²) in [4.78, 5) is 17.8. The monoisotopic (exact) mass is 276 g/mol. The van der Waals surface area contributed by atoms with E-state index in [4.69, 9.17) is 0 Å². The van der Waals surface area contributed by atoms with Crippen LogP contribution in [-0.4, -0.2) is 22.3 Å². The fraction of sp³-hybridized carbons (Fsp3) is 0.286. The zero-order valence-electron chi connectivity index (χ0n) is 10.3. The number of likely N-dealkylation sites (tertiary alicyclic amines) is 1. The molecule has 2 aromatic rings. The van der Waals surface area contributed by atoms with Crippen molar-refractivity contribution >= 4 is 17.2 Å². The van der Waals surface area contributed by atoms with Gasteiger partial charge in [0.05, 0.1) is 6.04 Å². The molecule has 98 valence electrons. The third-order valence-corrected chi connectivity index (χ3v) is 4.12. The molecule has 0 aliphatic carbocycles. The Morgan fingerprint density at radius 3 is 3.11 bits per heavy atom. The van der Waals surface area contributed by atoms with Gasteiger partial charge in [-0.2, -0.15) is 15.7 Å². The van der Waals surface area contributed by atoms with Gasteiger partial charge in [0.15, 0.2) is 0 Å². The van der Waals surface area contributed by atoms with Gasteiger partial charge in [0.2, 0.25) is 5.95 Å². The minimum absolute atomic E-state index is 0.116. The number of hydrogen-bond acceptors (Lipinski definition) is 3. The van der Waals surface area contributed by atoms with E-state index in [2.05, 4.69) is 10.4 Å². The number of hydrogen-bond donors (Lipinski definition) is 0. The zero-order valence-corrected chi connectivity index (χ0v) is 11.1. The second kappa shape index (κ2) is 5.09. The van der Waals surface area contributed by atoms with Crippen LogP contribution < -0.4 is 0 Å². The highest BCUT2D eigenvalue weighted by atomic mass is 32.1. The molecule has 1 fully saturated rings. The summed E-state index contributed by atoms with van der Waals surface area (Å²) in [7, 11) is 0. The Morgan fingerprint density at radius 1 is 1.47 bits per heavy atom. The average Bonchev–Trinajstić information content (AvgIpc) is 3.08. The molecule has 1 aliphatic rings. The molecule has 1 amide bonds. The summed E-state index contributed by atoms with van der Waals surface area (Å²) >= 11 is 1.63. The van der Waals surface area contributed by atoms with Gasteiger partial charge in [-0.1, -0.05) is 0 Å². The SMILES string of the molecule is O=C(c1ccnc(F)c1)N1CCC[C@@H]1c1ccsc1. The lowest BCUT2D eigenvalue weighted by Gasteiger charge is -2.24. The van der Waals surface area contributed by atoms with E-state index in [0.29, 0.717) is 5.56 Å². The number of pyridine rings is 1. The smallest absolute Gasteiger partial charge is 0.254 e. The van der Waals surface area contributed by atoms with Crippen molar-refractivity contribution in [2.24, 2.45) is 0 Å². The lowest BCUT2D eigenvalue weighted by atomic mass is 10.1. The standard InChI is InChI=1S/C14H13FN2OS/c15-13-8-10(3-5-16-13)14(18)17-6-1-2-12(17)11-4-7-19-9-11/h3-5,7-9,12H,1-2,6H2/t12-/m1/s1. The second-order valence-corrected chi connectivity index (χ2v) is 5.36. The number of thiophene rings is 1. The van der Waals surface area contributed by atoms with Crippen molar-refractivity contribution in [2.45, 2.75) is 18.9 Å². The van der Waals surface area contributed by atoms with Gasteiger partial charge in [0, 0.05) is 24.4 Å². The van der Waals surface area contributed by atoms with Crippen LogP contribution in [-0.2, 0) is 0 Å². The molecule has 3 rings (SSSR count). The van der Waals surface area contributed by atoms with Crippen LogP contribution >= 0.6 is 11.3 Å². The summed E-state index contributed by atoms with van der Waals surface area (Å²) in [5.41, 5.74) is 1.54. The molecule has 0 radical (unpaired) electrons. The average molecular weight is 276 g/mol. The topological polar surface area (TPSA) is 33.2 Å². The normalized spacial score (nSPS) is 18.8. The van der Waals surface area contributed by atoms with Crippen LogP contribution in [0.15, 0.2) is 35.2 Å². The van der Waals surface area contributed by atoms with Crippen LogP contribution in [0.1, 0.15) is 34.8 Å². The molecule has 0 saturated carbocycles. The van der Waals surface area contributed by atoms with E-state index in [1.807, 2.05) is 16.3 Å². The first kappa shape index (κ1) is 12.3. The van der Waals surface area contributed by atoms with Crippen molar-refractivity contribution in [2.75, 3.05) is 6.54 Å². The second-order valence-electron chi connectivity index (χ2n) is 4.58. The Labute approximate surface area is 114 Å². The number of nitrogens with zero attached hydrogens (tertiary/aromatic N) is 2. The van der Waals surface area contributed by atoms with Crippen molar-refractivity contribution < 1.29 is 9.18 Å². The molecule has 3 heterocycles. The van der Waals surface area contributed by atoms with Crippen molar-refractivity contribution in [3.63, 3.8) is 0 Å². The molecule has 19 heavy (non-hydrogen) atoms. The van der Waals surface area contributed by atoms with E-state index in [-0.39, 0.29) is 11.9 Å². The number of halogens is 1. The van der Waals surface area contributed by atoms with Crippen molar-refractivity contribution in [3.8, 4) is 0 Å². The molecule has 0 spiro atoms. The highest BCUT2D eigenvalue weighted by Crippen LogP contribution is 2.34. The largest absolute Gasteiger partial charge is 0.332 e. The Kier molecular flexibility index (Phi) is 3.29. The predicted molar refractivity (Wildman–Crippen MR) is 71.5 cm³/mol. The third-order valence-electron chi connectivity index (χ3n) is 3.42. The Bertz CT molecular complexity index is 585. The fourth-order valence-electron chi connectivity index (χ4n) is 2.52. The van der Waals surface area contributed by atoms with Crippen LogP contribution in [0.4, 0.5) is 4.39 Å². The molecular formula is C14H13FN2OS. The van der Waals surface area contributed by atoms with E-state index in [9.17, 15) is 9.18 Å². The lowest BCUT2D eigenvalue weighted by molar-refractivity contribution is 0.0735. The van der Waals surface area contributed by atoms with Crippen molar-refractivity contribution in [1.29, 1.82) is 0 Å². The van der Waals surface area contributed by atoms with Gasteiger partial charge in [-0.05, 0) is 41.3 Å². The van der Waals surface area contributed by atoms with Gasteiger partial charge < -0.3 is 4.90 Å². The van der Waals surface area contributed by atoms with E-state index < -0.39 is 5.95 Å². The maximum absolute atomic E-state index is 13.1. The van der Waals surface area contributed by atoms with Crippen LogP contribution in [0.3, 0.4) is 0 Å².